The Morgan fingerprint density at radius 1 is 1.05 bits per heavy atom. The van der Waals surface area contributed by atoms with Gasteiger partial charge in [-0.25, -0.2) is 4.79 Å². The van der Waals surface area contributed by atoms with Crippen molar-refractivity contribution in [2.75, 3.05) is 20.7 Å². The van der Waals surface area contributed by atoms with Gasteiger partial charge in [0.05, 0.1) is 43.5 Å². The SMILES string of the molecule is CC[C@H]1OC(=O)C[C@@H](O)[C@H](C)[C@@H](OC2OC(C)C(O)C(N(C)C)C2O)[C@@H](C)C[C@@H](C)C(=O)C2NC(=O)OC2C(C)=C[C@@H]1CO. The number of aliphatic hydroxyl groups is 4. The number of hydrogen-bond acceptors (Lipinski definition) is 12. The number of amides is 1. The third-order valence-electron chi connectivity index (χ3n) is 9.38. The lowest BCUT2D eigenvalue weighted by atomic mass is 9.80. The lowest BCUT2D eigenvalue weighted by Crippen LogP contribution is -2.63. The van der Waals surface area contributed by atoms with Gasteiger partial charge in [-0.15, -0.1) is 0 Å². The quantitative estimate of drug-likeness (QED) is 0.213. The van der Waals surface area contributed by atoms with Gasteiger partial charge in [-0.1, -0.05) is 33.8 Å². The monoisotopic (exact) mass is 628 g/mol. The molecule has 0 aromatic carbocycles. The van der Waals surface area contributed by atoms with E-state index >= 15 is 0 Å². The summed E-state index contributed by atoms with van der Waals surface area (Å²) >= 11 is 0. The molecule has 7 unspecified atom stereocenters. The van der Waals surface area contributed by atoms with Crippen molar-refractivity contribution in [1.82, 2.24) is 10.2 Å². The molecule has 5 N–H and O–H groups in total. The van der Waals surface area contributed by atoms with Gasteiger partial charge in [0.2, 0.25) is 0 Å². The van der Waals surface area contributed by atoms with Crippen LogP contribution in [0.5, 0.6) is 0 Å². The van der Waals surface area contributed by atoms with Crippen LogP contribution in [0.2, 0.25) is 0 Å². The average Bonchev–Trinajstić information content (AvgIpc) is 3.35. The molecule has 0 aliphatic carbocycles. The first-order chi connectivity index (χ1) is 20.6. The van der Waals surface area contributed by atoms with E-state index in [4.69, 9.17) is 18.9 Å². The molecule has 3 aliphatic heterocycles. The molecule has 0 bridgehead atoms. The smallest absolute Gasteiger partial charge is 0.408 e. The summed E-state index contributed by atoms with van der Waals surface area (Å²) in [5.74, 6) is -3.20. The molecule has 0 radical (unpaired) electrons. The van der Waals surface area contributed by atoms with Crippen LogP contribution in [0.25, 0.3) is 0 Å². The van der Waals surface area contributed by atoms with E-state index in [0.717, 1.165) is 0 Å². The van der Waals surface area contributed by atoms with Gasteiger partial charge in [-0.2, -0.15) is 0 Å². The van der Waals surface area contributed by atoms with Crippen molar-refractivity contribution in [1.29, 1.82) is 0 Å². The van der Waals surface area contributed by atoms with Crippen molar-refractivity contribution in [3.63, 3.8) is 0 Å². The van der Waals surface area contributed by atoms with E-state index in [1.165, 1.54) is 0 Å². The summed E-state index contributed by atoms with van der Waals surface area (Å²) in [6.07, 6.45) is -6.47. The topological polar surface area (TPSA) is 184 Å². The highest BCUT2D eigenvalue weighted by molar-refractivity contribution is 5.92. The molecular formula is C31H52N2O11. The Morgan fingerprint density at radius 2 is 1.70 bits per heavy atom. The number of carbonyl (C=O) groups excluding carboxylic acids is 3. The van der Waals surface area contributed by atoms with Crippen LogP contribution in [0.1, 0.15) is 60.8 Å². The van der Waals surface area contributed by atoms with Gasteiger partial charge in [0.25, 0.3) is 0 Å². The fourth-order valence-electron chi connectivity index (χ4n) is 6.75. The molecule has 3 aliphatic rings. The van der Waals surface area contributed by atoms with E-state index in [1.54, 1.807) is 59.7 Å². The number of nitrogens with zero attached hydrogens (tertiary/aromatic N) is 1. The lowest BCUT2D eigenvalue weighted by molar-refractivity contribution is -0.303. The van der Waals surface area contributed by atoms with Gasteiger partial charge < -0.3 is 49.6 Å². The predicted octanol–water partition coefficient (Wildman–Crippen LogP) is 0.754. The summed E-state index contributed by atoms with van der Waals surface area (Å²) < 4.78 is 23.4. The number of aliphatic hydroxyl groups excluding tert-OH is 4. The number of nitrogens with one attached hydrogen (secondary N) is 1. The van der Waals surface area contributed by atoms with Gasteiger partial charge in [0.15, 0.2) is 18.2 Å². The summed E-state index contributed by atoms with van der Waals surface area (Å²) in [5.41, 5.74) is 0.535. The van der Waals surface area contributed by atoms with Crippen LogP contribution in [0, 0.1) is 23.7 Å². The highest BCUT2D eigenvalue weighted by Crippen LogP contribution is 2.34. The minimum Gasteiger partial charge on any atom is -0.462 e. The van der Waals surface area contributed by atoms with Crippen LogP contribution in [0.4, 0.5) is 4.79 Å². The molecule has 13 heteroatoms. The molecule has 2 saturated heterocycles. The highest BCUT2D eigenvalue weighted by atomic mass is 16.7. The Balaban J connectivity index is 1.99. The minimum atomic E-state index is -1.24. The Labute approximate surface area is 259 Å². The summed E-state index contributed by atoms with van der Waals surface area (Å²) in [6.45, 7) is 10.1. The van der Waals surface area contributed by atoms with Crippen molar-refractivity contribution < 1.29 is 53.8 Å². The maximum Gasteiger partial charge on any atom is 0.408 e. The number of Topliss-reactive ketones (excluding diaryl/α,β-unsaturated/α-hetero) is 1. The molecule has 44 heavy (non-hydrogen) atoms. The fraction of sp³-hybridized carbons (Fsp3) is 0.839. The Morgan fingerprint density at radius 3 is 2.30 bits per heavy atom. The molecule has 3 heterocycles. The number of fused-ring (bicyclic) bond motifs is 1. The minimum absolute atomic E-state index is 0.253. The number of carbonyl (C=O) groups is 3. The maximum absolute atomic E-state index is 13.7. The molecule has 0 aromatic heterocycles. The van der Waals surface area contributed by atoms with Crippen LogP contribution in [-0.4, -0.2) is 125 Å². The summed E-state index contributed by atoms with van der Waals surface area (Å²) in [7, 11) is 3.46. The summed E-state index contributed by atoms with van der Waals surface area (Å²) in [5, 5.41) is 45.8. The van der Waals surface area contributed by atoms with Gasteiger partial charge in [0.1, 0.15) is 18.2 Å². The number of hydrogen-bond donors (Lipinski definition) is 5. The highest BCUT2D eigenvalue weighted by Gasteiger charge is 2.48. The Kier molecular flexibility index (Phi) is 12.8. The van der Waals surface area contributed by atoms with Crippen molar-refractivity contribution in [2.45, 2.75) is 122 Å². The van der Waals surface area contributed by atoms with Crippen molar-refractivity contribution in [3.05, 3.63) is 11.6 Å². The first kappa shape index (κ1) is 36.3. The second kappa shape index (κ2) is 15.4. The predicted molar refractivity (Wildman–Crippen MR) is 158 cm³/mol. The second-order valence-corrected chi connectivity index (χ2v) is 13.0. The second-order valence-electron chi connectivity index (χ2n) is 13.0. The number of ether oxygens (including phenoxy) is 4. The largest absolute Gasteiger partial charge is 0.462 e. The van der Waals surface area contributed by atoms with Gasteiger partial charge >= 0.3 is 12.1 Å². The van der Waals surface area contributed by atoms with E-state index in [1.807, 2.05) is 6.92 Å². The number of cyclic esters (lactones) is 1. The number of ketones is 1. The zero-order valence-corrected chi connectivity index (χ0v) is 27.1. The van der Waals surface area contributed by atoms with Crippen molar-refractivity contribution >= 4 is 17.8 Å². The molecule has 0 spiro atoms. The molecule has 0 saturated carbocycles. The molecule has 0 aromatic rings. The van der Waals surface area contributed by atoms with E-state index in [2.05, 4.69) is 5.32 Å². The molecule has 252 valence electrons. The Bertz CT molecular complexity index is 1040. The van der Waals surface area contributed by atoms with Crippen LogP contribution < -0.4 is 5.32 Å². The number of esters is 1. The number of rotatable bonds is 5. The lowest BCUT2D eigenvalue weighted by Gasteiger charge is -2.46. The van der Waals surface area contributed by atoms with Crippen LogP contribution >= 0.6 is 0 Å². The molecule has 1 amide bonds. The van der Waals surface area contributed by atoms with E-state index < -0.39 is 96.8 Å². The number of alkyl carbamates (subject to hydrolysis) is 1. The molecule has 13 nitrogen and oxygen atoms in total. The van der Waals surface area contributed by atoms with E-state index in [0.29, 0.717) is 12.0 Å². The van der Waals surface area contributed by atoms with Crippen LogP contribution in [-0.2, 0) is 28.5 Å². The van der Waals surface area contributed by atoms with Crippen LogP contribution in [0.15, 0.2) is 11.6 Å². The van der Waals surface area contributed by atoms with Gasteiger partial charge in [-0.05, 0) is 52.3 Å². The fourth-order valence-corrected chi connectivity index (χ4v) is 6.75. The van der Waals surface area contributed by atoms with Crippen molar-refractivity contribution in [3.8, 4) is 0 Å². The standard InChI is InChI=1S/C31H52N2O11/c1-9-21-19(13-34)11-16(4)29-23(32-31(40)44-29)25(37)14(2)10-15(3)28(17(5)20(35)12-22(36)42-21)43-30-27(39)24(33(7)8)26(38)18(6)41-30/h11,14-15,17-21,23-24,26-30,34-35,38-39H,9-10,12-13H2,1-8H3,(H,32,40)/t14-,15+,17+,18?,19-,20-,21-,23?,24?,26?,27?,28+,29?,30?/m1/s1. The average molecular weight is 629 g/mol. The normalized spacial score (nSPS) is 43.1. The zero-order valence-electron chi connectivity index (χ0n) is 27.1. The van der Waals surface area contributed by atoms with E-state index in [9.17, 15) is 34.8 Å². The molecular weight excluding hydrogens is 576 g/mol. The Hall–Kier alpha value is -2.13. The maximum atomic E-state index is 13.7. The van der Waals surface area contributed by atoms with Gasteiger partial charge in [-0.3, -0.25) is 9.59 Å². The number of likely N-dealkylation sites (N-methyl/N-ethyl adjacent to an activating group) is 1. The molecule has 14 atom stereocenters. The molecule has 3 rings (SSSR count). The zero-order chi connectivity index (χ0) is 33.0. The summed E-state index contributed by atoms with van der Waals surface area (Å²) in [4.78, 5) is 40.8. The first-order valence-electron chi connectivity index (χ1n) is 15.6. The third-order valence-corrected chi connectivity index (χ3v) is 9.38. The first-order valence-corrected chi connectivity index (χ1v) is 15.6. The van der Waals surface area contributed by atoms with E-state index in [-0.39, 0.29) is 25.2 Å². The van der Waals surface area contributed by atoms with Gasteiger partial charge in [0, 0.05) is 17.8 Å². The van der Waals surface area contributed by atoms with Crippen molar-refractivity contribution in [2.24, 2.45) is 23.7 Å². The molecule has 2 fully saturated rings. The summed E-state index contributed by atoms with van der Waals surface area (Å²) in [6, 6.07) is -1.66. The third kappa shape index (κ3) is 8.17. The van der Waals surface area contributed by atoms with Crippen LogP contribution in [0.3, 0.4) is 0 Å².